The van der Waals surface area contributed by atoms with E-state index in [-0.39, 0.29) is 30.2 Å². The fourth-order valence-electron chi connectivity index (χ4n) is 4.27. The van der Waals surface area contributed by atoms with Crippen molar-refractivity contribution in [3.63, 3.8) is 0 Å². The molecule has 20 heavy (non-hydrogen) atoms. The number of piperidine rings is 1. The number of amides is 1. The van der Waals surface area contributed by atoms with Crippen LogP contribution in [0.4, 0.5) is 4.79 Å². The van der Waals surface area contributed by atoms with Crippen LogP contribution in [0.25, 0.3) is 0 Å². The molecule has 2 heterocycles. The first-order valence-electron chi connectivity index (χ1n) is 8.06. The maximum atomic E-state index is 12.5. The lowest BCUT2D eigenvalue weighted by atomic mass is 9.68. The Morgan fingerprint density at radius 1 is 1.20 bits per heavy atom. The average Bonchev–Trinajstić information content (AvgIpc) is 2.56. The summed E-state index contributed by atoms with van der Waals surface area (Å²) in [6, 6.07) is 0.380. The van der Waals surface area contributed by atoms with Crippen LogP contribution in [0.1, 0.15) is 59.3 Å². The summed E-state index contributed by atoms with van der Waals surface area (Å²) >= 11 is 0. The molecular formula is C16H27NO3. The monoisotopic (exact) mass is 281 g/mol. The Balaban J connectivity index is 1.76. The van der Waals surface area contributed by atoms with Crippen LogP contribution in [0.5, 0.6) is 0 Å². The zero-order valence-electron chi connectivity index (χ0n) is 12.8. The molecule has 4 unspecified atom stereocenters. The molecule has 1 amide bonds. The highest BCUT2D eigenvalue weighted by atomic mass is 16.6. The fourth-order valence-corrected chi connectivity index (χ4v) is 4.27. The van der Waals surface area contributed by atoms with E-state index in [1.165, 1.54) is 19.3 Å². The molecular weight excluding hydrogens is 254 g/mol. The average molecular weight is 281 g/mol. The highest BCUT2D eigenvalue weighted by molar-refractivity contribution is 5.69. The van der Waals surface area contributed by atoms with E-state index in [0.717, 1.165) is 19.3 Å². The summed E-state index contributed by atoms with van der Waals surface area (Å²) in [6.07, 6.45) is 6.08. The number of aliphatic hydroxyl groups is 1. The Morgan fingerprint density at radius 2 is 1.90 bits per heavy atom. The molecule has 0 spiro atoms. The maximum Gasteiger partial charge on any atom is 0.410 e. The summed E-state index contributed by atoms with van der Waals surface area (Å²) in [5.41, 5.74) is -0.446. The topological polar surface area (TPSA) is 49.8 Å². The lowest BCUT2D eigenvalue weighted by Gasteiger charge is -2.48. The largest absolute Gasteiger partial charge is 0.444 e. The first-order valence-corrected chi connectivity index (χ1v) is 8.06. The second-order valence-corrected chi connectivity index (χ2v) is 7.76. The number of fused-ring (bicyclic) bond motifs is 2. The molecule has 4 nitrogen and oxygen atoms in total. The Bertz CT molecular complexity index is 386. The Hall–Kier alpha value is -0.770. The molecule has 0 aromatic carbocycles. The van der Waals surface area contributed by atoms with Crippen LogP contribution >= 0.6 is 0 Å². The molecule has 1 N–H and O–H groups in total. The number of nitrogens with zero attached hydrogens (tertiary/aromatic N) is 1. The van der Waals surface area contributed by atoms with Crippen LogP contribution in [-0.4, -0.2) is 39.9 Å². The standard InChI is InChI=1S/C16H27NO3/c1-16(2,3)20-15(19)17-11-7-8-12(17)14(13(18)9-11)10-5-4-6-10/h10-14,18H,4-9H2,1-3H3. The molecule has 1 aliphatic carbocycles. The first-order chi connectivity index (χ1) is 9.37. The van der Waals surface area contributed by atoms with Gasteiger partial charge in [0.1, 0.15) is 5.60 Å². The van der Waals surface area contributed by atoms with Crippen LogP contribution < -0.4 is 0 Å². The van der Waals surface area contributed by atoms with Gasteiger partial charge in [-0.2, -0.15) is 0 Å². The van der Waals surface area contributed by atoms with Gasteiger partial charge < -0.3 is 14.7 Å². The molecule has 2 saturated heterocycles. The van der Waals surface area contributed by atoms with E-state index in [2.05, 4.69) is 0 Å². The zero-order valence-corrected chi connectivity index (χ0v) is 12.8. The number of carbonyl (C=O) groups is 1. The van der Waals surface area contributed by atoms with Crippen molar-refractivity contribution in [3.05, 3.63) is 0 Å². The maximum absolute atomic E-state index is 12.5. The SMILES string of the molecule is CC(C)(C)OC(=O)N1C2CCC1C(C1CCC1)C(O)C2. The van der Waals surface area contributed by atoms with E-state index >= 15 is 0 Å². The molecule has 114 valence electrons. The van der Waals surface area contributed by atoms with Crippen molar-refractivity contribution in [3.8, 4) is 0 Å². The van der Waals surface area contributed by atoms with Gasteiger partial charge in [-0.15, -0.1) is 0 Å². The van der Waals surface area contributed by atoms with Crippen LogP contribution in [0.15, 0.2) is 0 Å². The zero-order chi connectivity index (χ0) is 14.5. The molecule has 4 atom stereocenters. The second-order valence-electron chi connectivity index (χ2n) is 7.76. The summed E-state index contributed by atoms with van der Waals surface area (Å²) in [6.45, 7) is 5.74. The van der Waals surface area contributed by atoms with Gasteiger partial charge in [-0.05, 0) is 58.8 Å². The number of hydrogen-bond acceptors (Lipinski definition) is 3. The smallest absolute Gasteiger partial charge is 0.410 e. The predicted octanol–water partition coefficient (Wildman–Crippen LogP) is 2.94. The Kier molecular flexibility index (Phi) is 3.47. The molecule has 0 aromatic rings. The van der Waals surface area contributed by atoms with Gasteiger partial charge in [0.25, 0.3) is 0 Å². The summed E-state index contributed by atoms with van der Waals surface area (Å²) in [5, 5.41) is 10.4. The van der Waals surface area contributed by atoms with Gasteiger partial charge in [0, 0.05) is 18.0 Å². The Morgan fingerprint density at radius 3 is 2.45 bits per heavy atom. The number of rotatable bonds is 1. The third-order valence-electron chi connectivity index (χ3n) is 5.25. The van der Waals surface area contributed by atoms with Gasteiger partial charge >= 0.3 is 6.09 Å². The van der Waals surface area contributed by atoms with Crippen LogP contribution in [0.2, 0.25) is 0 Å². The van der Waals surface area contributed by atoms with E-state index in [4.69, 9.17) is 4.74 Å². The fraction of sp³-hybridized carbons (Fsp3) is 0.938. The lowest BCUT2D eigenvalue weighted by molar-refractivity contribution is -0.0653. The minimum Gasteiger partial charge on any atom is -0.444 e. The van der Waals surface area contributed by atoms with Crippen molar-refractivity contribution in [1.29, 1.82) is 0 Å². The molecule has 0 radical (unpaired) electrons. The molecule has 2 bridgehead atoms. The molecule has 1 saturated carbocycles. The van der Waals surface area contributed by atoms with Crippen LogP contribution in [-0.2, 0) is 4.74 Å². The number of hydrogen-bond donors (Lipinski definition) is 1. The van der Waals surface area contributed by atoms with E-state index in [1.54, 1.807) is 0 Å². The van der Waals surface area contributed by atoms with Crippen molar-refractivity contribution >= 4 is 6.09 Å². The molecule has 3 fully saturated rings. The number of aliphatic hydroxyl groups excluding tert-OH is 1. The number of ether oxygens (including phenoxy) is 1. The molecule has 3 rings (SSSR count). The summed E-state index contributed by atoms with van der Waals surface area (Å²) in [5.74, 6) is 0.883. The Labute approximate surface area is 121 Å². The third kappa shape index (κ3) is 2.43. The molecule has 4 heteroatoms. The van der Waals surface area contributed by atoms with Crippen LogP contribution in [0.3, 0.4) is 0 Å². The lowest BCUT2D eigenvalue weighted by Crippen LogP contribution is -2.57. The quantitative estimate of drug-likeness (QED) is 0.804. The molecule has 3 aliphatic rings. The van der Waals surface area contributed by atoms with Gasteiger partial charge in [-0.1, -0.05) is 6.42 Å². The van der Waals surface area contributed by atoms with Gasteiger partial charge in [0.05, 0.1) is 6.10 Å². The number of carbonyl (C=O) groups excluding carboxylic acids is 1. The van der Waals surface area contributed by atoms with E-state index in [1.807, 2.05) is 25.7 Å². The van der Waals surface area contributed by atoms with Crippen molar-refractivity contribution in [2.24, 2.45) is 11.8 Å². The van der Waals surface area contributed by atoms with E-state index in [9.17, 15) is 9.90 Å². The minimum absolute atomic E-state index is 0.179. The normalized spacial score (nSPS) is 37.7. The van der Waals surface area contributed by atoms with Gasteiger partial charge in [-0.25, -0.2) is 4.79 Å². The van der Waals surface area contributed by atoms with Gasteiger partial charge in [0.2, 0.25) is 0 Å². The van der Waals surface area contributed by atoms with Gasteiger partial charge in [-0.3, -0.25) is 0 Å². The summed E-state index contributed by atoms with van der Waals surface area (Å²) < 4.78 is 5.58. The predicted molar refractivity (Wildman–Crippen MR) is 76.3 cm³/mol. The minimum atomic E-state index is -0.446. The second kappa shape index (κ2) is 4.90. The summed E-state index contributed by atoms with van der Waals surface area (Å²) in [4.78, 5) is 14.4. The molecule has 2 aliphatic heterocycles. The van der Waals surface area contributed by atoms with E-state index < -0.39 is 5.60 Å². The first kappa shape index (κ1) is 14.2. The highest BCUT2D eigenvalue weighted by Crippen LogP contribution is 2.48. The molecule has 0 aromatic heterocycles. The highest BCUT2D eigenvalue weighted by Gasteiger charge is 2.52. The van der Waals surface area contributed by atoms with E-state index in [0.29, 0.717) is 5.92 Å². The van der Waals surface area contributed by atoms with Crippen LogP contribution in [0, 0.1) is 11.8 Å². The van der Waals surface area contributed by atoms with Crippen molar-refractivity contribution < 1.29 is 14.6 Å². The van der Waals surface area contributed by atoms with Crippen molar-refractivity contribution in [2.45, 2.75) is 83.1 Å². The third-order valence-corrected chi connectivity index (χ3v) is 5.25. The van der Waals surface area contributed by atoms with Gasteiger partial charge in [0.15, 0.2) is 0 Å². The van der Waals surface area contributed by atoms with Crippen molar-refractivity contribution in [1.82, 2.24) is 4.90 Å². The summed E-state index contributed by atoms with van der Waals surface area (Å²) in [7, 11) is 0. The van der Waals surface area contributed by atoms with Crippen molar-refractivity contribution in [2.75, 3.05) is 0 Å².